The van der Waals surface area contributed by atoms with Crippen LogP contribution in [0.5, 0.6) is 0 Å². The van der Waals surface area contributed by atoms with Crippen LogP contribution in [-0.2, 0) is 13.1 Å². The van der Waals surface area contributed by atoms with Crippen molar-refractivity contribution < 1.29 is 0 Å². The van der Waals surface area contributed by atoms with Gasteiger partial charge in [0.25, 0.3) is 0 Å². The van der Waals surface area contributed by atoms with Crippen molar-refractivity contribution in [1.29, 1.82) is 5.26 Å². The molecule has 5 nitrogen and oxygen atoms in total. The molecule has 29 heavy (non-hydrogen) atoms. The number of nitriles is 1. The summed E-state index contributed by atoms with van der Waals surface area (Å²) in [6.45, 7) is 3.87. The maximum absolute atomic E-state index is 9.05. The van der Waals surface area contributed by atoms with E-state index in [1.165, 1.54) is 18.4 Å². The summed E-state index contributed by atoms with van der Waals surface area (Å²) >= 11 is 6.71. The van der Waals surface area contributed by atoms with Crippen molar-refractivity contribution in [2.24, 2.45) is 11.8 Å². The molecule has 2 aliphatic rings. The van der Waals surface area contributed by atoms with Gasteiger partial charge in [-0.25, -0.2) is 4.68 Å². The van der Waals surface area contributed by atoms with Crippen molar-refractivity contribution in [3.05, 3.63) is 47.0 Å². The Morgan fingerprint density at radius 2 is 1.79 bits per heavy atom. The zero-order valence-electron chi connectivity index (χ0n) is 16.4. The molecular weight excluding hydrogens is 382 g/mol. The van der Waals surface area contributed by atoms with Gasteiger partial charge in [-0.2, -0.15) is 5.26 Å². The quantitative estimate of drug-likeness (QED) is 0.605. The van der Waals surface area contributed by atoms with Gasteiger partial charge in [-0.05, 0) is 61.9 Å². The lowest BCUT2D eigenvalue weighted by atomic mass is 9.98. The van der Waals surface area contributed by atoms with Gasteiger partial charge >= 0.3 is 0 Å². The number of likely N-dealkylation sites (tertiary alicyclic amines) is 1. The molecule has 0 radical (unpaired) electrons. The van der Waals surface area contributed by atoms with Crippen molar-refractivity contribution in [1.82, 2.24) is 19.9 Å². The number of piperidine rings is 1. The molecule has 1 aliphatic carbocycles. The Hall–Kier alpha value is -2.42. The SMILES string of the molecule is N#CC1CCN(Cc2ccc(-c3ccc4c(nnn4CC4CC4)c3Cl)cc2)CC1. The summed E-state index contributed by atoms with van der Waals surface area (Å²) in [6, 6.07) is 15.2. The highest BCUT2D eigenvalue weighted by atomic mass is 35.5. The van der Waals surface area contributed by atoms with Gasteiger partial charge in [0.15, 0.2) is 0 Å². The topological polar surface area (TPSA) is 57.7 Å². The fraction of sp³-hybridized carbons (Fsp3) is 0.435. The molecule has 0 bridgehead atoms. The summed E-state index contributed by atoms with van der Waals surface area (Å²) < 4.78 is 1.99. The average molecular weight is 406 g/mol. The van der Waals surface area contributed by atoms with Crippen LogP contribution >= 0.6 is 11.6 Å². The zero-order chi connectivity index (χ0) is 19.8. The number of aromatic nitrogens is 3. The second-order valence-corrected chi connectivity index (χ2v) is 8.76. The monoisotopic (exact) mass is 405 g/mol. The van der Waals surface area contributed by atoms with E-state index in [1.807, 2.05) is 4.68 Å². The molecule has 1 saturated carbocycles. The number of nitrogens with zero attached hydrogens (tertiary/aromatic N) is 5. The first-order chi connectivity index (χ1) is 14.2. The number of hydrogen-bond acceptors (Lipinski definition) is 4. The fourth-order valence-corrected chi connectivity index (χ4v) is 4.48. The minimum absolute atomic E-state index is 0.230. The van der Waals surface area contributed by atoms with E-state index < -0.39 is 0 Å². The maximum Gasteiger partial charge on any atom is 0.132 e. The Balaban J connectivity index is 1.32. The van der Waals surface area contributed by atoms with E-state index in [4.69, 9.17) is 16.9 Å². The van der Waals surface area contributed by atoms with Crippen LogP contribution in [0.1, 0.15) is 31.2 Å². The van der Waals surface area contributed by atoms with Crippen LogP contribution < -0.4 is 0 Å². The van der Waals surface area contributed by atoms with Crippen LogP contribution in [0, 0.1) is 23.2 Å². The summed E-state index contributed by atoms with van der Waals surface area (Å²) in [6.07, 6.45) is 4.53. The van der Waals surface area contributed by atoms with Gasteiger partial charge in [0.1, 0.15) is 5.52 Å². The molecule has 148 valence electrons. The minimum atomic E-state index is 0.230. The highest BCUT2D eigenvalue weighted by Crippen LogP contribution is 2.35. The molecule has 2 fully saturated rings. The number of halogens is 1. The predicted molar refractivity (Wildman–Crippen MR) is 114 cm³/mol. The third-order valence-electron chi connectivity index (χ3n) is 6.19. The number of rotatable bonds is 5. The first kappa shape index (κ1) is 18.6. The van der Waals surface area contributed by atoms with Crippen LogP contribution in [0.3, 0.4) is 0 Å². The van der Waals surface area contributed by atoms with E-state index in [0.29, 0.717) is 5.02 Å². The Labute approximate surface area is 175 Å². The normalized spacial score (nSPS) is 18.2. The molecule has 1 aromatic heterocycles. The van der Waals surface area contributed by atoms with Crippen LogP contribution in [-0.4, -0.2) is 33.0 Å². The zero-order valence-corrected chi connectivity index (χ0v) is 17.1. The summed E-state index contributed by atoms with van der Waals surface area (Å²) in [4.78, 5) is 2.43. The van der Waals surface area contributed by atoms with Gasteiger partial charge in [-0.1, -0.05) is 47.1 Å². The van der Waals surface area contributed by atoms with E-state index in [1.54, 1.807) is 0 Å². The van der Waals surface area contributed by atoms with Gasteiger partial charge in [0.05, 0.1) is 16.6 Å². The average Bonchev–Trinajstić information content (AvgIpc) is 3.48. The number of fused-ring (bicyclic) bond motifs is 1. The Morgan fingerprint density at radius 1 is 1.03 bits per heavy atom. The lowest BCUT2D eigenvalue weighted by Gasteiger charge is -2.29. The van der Waals surface area contributed by atoms with Crippen molar-refractivity contribution in [3.8, 4) is 17.2 Å². The van der Waals surface area contributed by atoms with Gasteiger partial charge in [0.2, 0.25) is 0 Å². The van der Waals surface area contributed by atoms with Crippen LogP contribution in [0.4, 0.5) is 0 Å². The first-order valence-electron chi connectivity index (χ1n) is 10.4. The van der Waals surface area contributed by atoms with Gasteiger partial charge in [-0.15, -0.1) is 5.10 Å². The number of benzene rings is 2. The molecular formula is C23H24ClN5. The summed E-state index contributed by atoms with van der Waals surface area (Å²) in [5, 5.41) is 18.4. The Morgan fingerprint density at radius 3 is 2.48 bits per heavy atom. The van der Waals surface area contributed by atoms with Crippen molar-refractivity contribution in [2.45, 2.75) is 38.8 Å². The first-order valence-corrected chi connectivity index (χ1v) is 10.8. The van der Waals surface area contributed by atoms with Crippen LogP contribution in [0.15, 0.2) is 36.4 Å². The predicted octanol–water partition coefficient (Wildman–Crippen LogP) is 4.90. The molecule has 0 N–H and O–H groups in total. The van der Waals surface area contributed by atoms with Crippen LogP contribution in [0.25, 0.3) is 22.2 Å². The molecule has 2 heterocycles. The van der Waals surface area contributed by atoms with Gasteiger partial charge < -0.3 is 0 Å². The molecule has 0 unspecified atom stereocenters. The Kier molecular flexibility index (Phi) is 4.99. The lowest BCUT2D eigenvalue weighted by Crippen LogP contribution is -2.32. The van der Waals surface area contributed by atoms with Gasteiger partial charge in [-0.3, -0.25) is 4.90 Å². The van der Waals surface area contributed by atoms with E-state index in [2.05, 4.69) is 57.7 Å². The molecule has 6 heteroatoms. The highest BCUT2D eigenvalue weighted by Gasteiger charge is 2.24. The lowest BCUT2D eigenvalue weighted by molar-refractivity contribution is 0.198. The molecule has 0 atom stereocenters. The van der Waals surface area contributed by atoms with Crippen LogP contribution in [0.2, 0.25) is 5.02 Å². The maximum atomic E-state index is 9.05. The molecule has 1 saturated heterocycles. The fourth-order valence-electron chi connectivity index (χ4n) is 4.18. The van der Waals surface area contributed by atoms with Crippen molar-refractivity contribution in [2.75, 3.05) is 13.1 Å². The largest absolute Gasteiger partial charge is 0.299 e. The van der Waals surface area contributed by atoms with E-state index in [-0.39, 0.29) is 5.92 Å². The molecule has 2 aromatic carbocycles. The van der Waals surface area contributed by atoms with Gasteiger partial charge in [0, 0.05) is 24.6 Å². The van der Waals surface area contributed by atoms with E-state index >= 15 is 0 Å². The van der Waals surface area contributed by atoms with Crippen molar-refractivity contribution in [3.63, 3.8) is 0 Å². The third kappa shape index (κ3) is 3.88. The summed E-state index contributed by atoms with van der Waals surface area (Å²) in [7, 11) is 0. The molecule has 3 aromatic rings. The second-order valence-electron chi connectivity index (χ2n) is 8.39. The van der Waals surface area contributed by atoms with Crippen molar-refractivity contribution >= 4 is 22.6 Å². The Bertz CT molecular complexity index is 1050. The summed E-state index contributed by atoms with van der Waals surface area (Å²) in [5.41, 5.74) is 5.19. The molecule has 0 amide bonds. The minimum Gasteiger partial charge on any atom is -0.299 e. The molecule has 5 rings (SSSR count). The standard InChI is InChI=1S/C23H24ClN5/c24-22-20(7-8-21-23(22)26-27-29(21)15-18-1-2-18)19-5-3-17(4-6-19)14-28-11-9-16(13-25)10-12-28/h3-8,16,18H,1-2,9-12,14-15H2. The highest BCUT2D eigenvalue weighted by molar-refractivity contribution is 6.37. The van der Waals surface area contributed by atoms with E-state index in [9.17, 15) is 0 Å². The second kappa shape index (κ2) is 7.78. The molecule has 0 spiro atoms. The summed E-state index contributed by atoms with van der Waals surface area (Å²) in [5.74, 6) is 0.976. The van der Waals surface area contributed by atoms with E-state index in [0.717, 1.165) is 67.1 Å². The third-order valence-corrected chi connectivity index (χ3v) is 6.58. The molecule has 1 aliphatic heterocycles. The smallest absolute Gasteiger partial charge is 0.132 e. The number of hydrogen-bond donors (Lipinski definition) is 0.